The van der Waals surface area contributed by atoms with Crippen molar-refractivity contribution >= 4 is 28.9 Å². The molecule has 2 rings (SSSR count). The van der Waals surface area contributed by atoms with Crippen LogP contribution in [0.5, 0.6) is 0 Å². The molecular formula is C16H17ClN2O2. The molecule has 0 spiro atoms. The van der Waals surface area contributed by atoms with E-state index in [4.69, 9.17) is 16.7 Å². The lowest BCUT2D eigenvalue weighted by molar-refractivity contribution is 0.0697. The van der Waals surface area contributed by atoms with Crippen molar-refractivity contribution in [3.05, 3.63) is 58.6 Å². The zero-order valence-corrected chi connectivity index (χ0v) is 12.7. The Morgan fingerprint density at radius 3 is 2.43 bits per heavy atom. The van der Waals surface area contributed by atoms with E-state index in [1.54, 1.807) is 12.1 Å². The second-order valence-electron chi connectivity index (χ2n) is 4.91. The van der Waals surface area contributed by atoms with Crippen molar-refractivity contribution in [1.82, 2.24) is 0 Å². The molecule has 0 saturated heterocycles. The number of carboxylic acids is 1. The Hall–Kier alpha value is -2.20. The molecule has 0 heterocycles. The number of hydrogen-bond acceptors (Lipinski definition) is 3. The number of benzene rings is 2. The van der Waals surface area contributed by atoms with Crippen LogP contribution in [0.4, 0.5) is 11.4 Å². The quantitative estimate of drug-likeness (QED) is 0.884. The molecule has 0 aliphatic rings. The molecule has 4 nitrogen and oxygen atoms in total. The maximum Gasteiger partial charge on any atom is 0.335 e. The summed E-state index contributed by atoms with van der Waals surface area (Å²) < 4.78 is 0. The third-order valence-electron chi connectivity index (χ3n) is 3.15. The molecule has 2 N–H and O–H groups in total. The number of rotatable bonds is 5. The molecule has 0 saturated carbocycles. The lowest BCUT2D eigenvalue weighted by atomic mass is 10.1. The minimum Gasteiger partial charge on any atom is -0.478 e. The molecule has 2 aromatic carbocycles. The van der Waals surface area contributed by atoms with Crippen LogP contribution in [0.1, 0.15) is 15.9 Å². The Morgan fingerprint density at radius 1 is 1.19 bits per heavy atom. The summed E-state index contributed by atoms with van der Waals surface area (Å²) in [5.74, 6) is -0.968. The second-order valence-corrected chi connectivity index (χ2v) is 5.32. The minimum atomic E-state index is -0.968. The molecule has 0 amide bonds. The van der Waals surface area contributed by atoms with Crippen LogP contribution in [-0.2, 0) is 6.54 Å². The van der Waals surface area contributed by atoms with Gasteiger partial charge in [-0.05, 0) is 35.9 Å². The van der Waals surface area contributed by atoms with Crippen molar-refractivity contribution in [2.75, 3.05) is 24.3 Å². The number of halogens is 1. The summed E-state index contributed by atoms with van der Waals surface area (Å²) in [6.45, 7) is 0.580. The third kappa shape index (κ3) is 3.89. The van der Waals surface area contributed by atoms with Gasteiger partial charge in [-0.3, -0.25) is 0 Å². The second kappa shape index (κ2) is 6.50. The molecule has 0 atom stereocenters. The fourth-order valence-corrected chi connectivity index (χ4v) is 2.09. The van der Waals surface area contributed by atoms with Crippen LogP contribution in [0.15, 0.2) is 42.5 Å². The first kappa shape index (κ1) is 15.2. The summed E-state index contributed by atoms with van der Waals surface area (Å²) in [5, 5.41) is 12.7. The molecule has 5 heteroatoms. The first-order valence-corrected chi connectivity index (χ1v) is 6.88. The Balaban J connectivity index is 2.09. The van der Waals surface area contributed by atoms with Crippen LogP contribution in [0, 0.1) is 0 Å². The largest absolute Gasteiger partial charge is 0.478 e. The van der Waals surface area contributed by atoms with E-state index in [-0.39, 0.29) is 5.56 Å². The average molecular weight is 305 g/mol. The molecule has 0 radical (unpaired) electrons. The van der Waals surface area contributed by atoms with Crippen LogP contribution in [0.3, 0.4) is 0 Å². The number of anilines is 2. The van der Waals surface area contributed by atoms with Gasteiger partial charge < -0.3 is 15.3 Å². The maximum absolute atomic E-state index is 11.0. The Kier molecular flexibility index (Phi) is 4.70. The number of aromatic carboxylic acids is 1. The zero-order valence-electron chi connectivity index (χ0n) is 11.9. The van der Waals surface area contributed by atoms with Crippen molar-refractivity contribution in [2.24, 2.45) is 0 Å². The summed E-state index contributed by atoms with van der Waals surface area (Å²) >= 11 is 6.07. The highest BCUT2D eigenvalue weighted by Gasteiger charge is 2.07. The van der Waals surface area contributed by atoms with Crippen molar-refractivity contribution in [1.29, 1.82) is 0 Å². The standard InChI is InChI=1S/C16H17ClN2O2/c1-19(2)13-6-3-11(4-7-13)10-18-15-9-12(16(20)21)5-8-14(15)17/h3-9,18H,10H2,1-2H3,(H,20,21). The third-order valence-corrected chi connectivity index (χ3v) is 3.48. The summed E-state index contributed by atoms with van der Waals surface area (Å²) in [4.78, 5) is 13.0. The van der Waals surface area contributed by atoms with Crippen LogP contribution >= 0.6 is 11.6 Å². The molecule has 0 aliphatic heterocycles. The smallest absolute Gasteiger partial charge is 0.335 e. The fraction of sp³-hybridized carbons (Fsp3) is 0.188. The lowest BCUT2D eigenvalue weighted by Gasteiger charge is -2.13. The van der Waals surface area contributed by atoms with Crippen LogP contribution in [0.2, 0.25) is 5.02 Å². The number of carboxylic acid groups (broad SMARTS) is 1. The van der Waals surface area contributed by atoms with E-state index in [1.807, 2.05) is 43.3 Å². The van der Waals surface area contributed by atoms with Gasteiger partial charge in [-0.15, -0.1) is 0 Å². The van der Waals surface area contributed by atoms with Gasteiger partial charge in [0.2, 0.25) is 0 Å². The predicted molar refractivity (Wildman–Crippen MR) is 86.5 cm³/mol. The number of nitrogens with one attached hydrogen (secondary N) is 1. The lowest BCUT2D eigenvalue weighted by Crippen LogP contribution is -2.08. The number of nitrogens with zero attached hydrogens (tertiary/aromatic N) is 1. The summed E-state index contributed by atoms with van der Waals surface area (Å²) in [5.41, 5.74) is 3.06. The summed E-state index contributed by atoms with van der Waals surface area (Å²) in [7, 11) is 3.98. The highest BCUT2D eigenvalue weighted by Crippen LogP contribution is 2.24. The SMILES string of the molecule is CN(C)c1ccc(CNc2cc(C(=O)O)ccc2Cl)cc1. The van der Waals surface area contributed by atoms with Gasteiger partial charge in [-0.1, -0.05) is 23.7 Å². The normalized spacial score (nSPS) is 10.2. The zero-order chi connectivity index (χ0) is 15.4. The van der Waals surface area contributed by atoms with Crippen LogP contribution in [0.25, 0.3) is 0 Å². The highest BCUT2D eigenvalue weighted by molar-refractivity contribution is 6.33. The van der Waals surface area contributed by atoms with E-state index in [1.165, 1.54) is 6.07 Å². The highest BCUT2D eigenvalue weighted by atomic mass is 35.5. The molecule has 0 unspecified atom stereocenters. The van der Waals surface area contributed by atoms with E-state index in [0.29, 0.717) is 17.3 Å². The van der Waals surface area contributed by atoms with Crippen LogP contribution < -0.4 is 10.2 Å². The van der Waals surface area contributed by atoms with Gasteiger partial charge in [-0.25, -0.2) is 4.79 Å². The Bertz CT molecular complexity index is 639. The van der Waals surface area contributed by atoms with E-state index < -0.39 is 5.97 Å². The number of hydrogen-bond donors (Lipinski definition) is 2. The van der Waals surface area contributed by atoms with E-state index in [0.717, 1.165) is 11.3 Å². The minimum absolute atomic E-state index is 0.213. The topological polar surface area (TPSA) is 52.6 Å². The van der Waals surface area contributed by atoms with E-state index >= 15 is 0 Å². The molecule has 0 fully saturated rings. The molecule has 0 aliphatic carbocycles. The number of carbonyl (C=O) groups is 1. The summed E-state index contributed by atoms with van der Waals surface area (Å²) in [6, 6.07) is 12.7. The van der Waals surface area contributed by atoms with Gasteiger partial charge in [-0.2, -0.15) is 0 Å². The van der Waals surface area contributed by atoms with Crippen molar-refractivity contribution in [2.45, 2.75) is 6.54 Å². The van der Waals surface area contributed by atoms with Crippen molar-refractivity contribution in [3.8, 4) is 0 Å². The average Bonchev–Trinajstić information content (AvgIpc) is 2.46. The van der Waals surface area contributed by atoms with Gasteiger partial charge >= 0.3 is 5.97 Å². The van der Waals surface area contributed by atoms with Gasteiger partial charge in [0.05, 0.1) is 16.3 Å². The molecule has 2 aromatic rings. The molecule has 110 valence electrons. The molecule has 0 bridgehead atoms. The van der Waals surface area contributed by atoms with Gasteiger partial charge in [0.25, 0.3) is 0 Å². The molecule has 0 aromatic heterocycles. The summed E-state index contributed by atoms with van der Waals surface area (Å²) in [6.07, 6.45) is 0. The Morgan fingerprint density at radius 2 is 1.86 bits per heavy atom. The van der Waals surface area contributed by atoms with E-state index in [9.17, 15) is 4.79 Å². The van der Waals surface area contributed by atoms with Gasteiger partial charge in [0.1, 0.15) is 0 Å². The van der Waals surface area contributed by atoms with Crippen molar-refractivity contribution in [3.63, 3.8) is 0 Å². The first-order valence-electron chi connectivity index (χ1n) is 6.50. The van der Waals surface area contributed by atoms with Crippen molar-refractivity contribution < 1.29 is 9.90 Å². The maximum atomic E-state index is 11.0. The molecule has 21 heavy (non-hydrogen) atoms. The predicted octanol–water partition coefficient (Wildman–Crippen LogP) is 3.72. The monoisotopic (exact) mass is 304 g/mol. The molecular weight excluding hydrogens is 288 g/mol. The Labute approximate surface area is 129 Å². The van der Waals surface area contributed by atoms with Crippen LogP contribution in [-0.4, -0.2) is 25.2 Å². The van der Waals surface area contributed by atoms with Gasteiger partial charge in [0.15, 0.2) is 0 Å². The fourth-order valence-electron chi connectivity index (χ4n) is 1.90. The van der Waals surface area contributed by atoms with Gasteiger partial charge in [0, 0.05) is 26.3 Å². The van der Waals surface area contributed by atoms with E-state index in [2.05, 4.69) is 5.32 Å². The first-order chi connectivity index (χ1) is 9.97.